The second-order valence-electron chi connectivity index (χ2n) is 7.58. The highest BCUT2D eigenvalue weighted by atomic mass is 35.5. The smallest absolute Gasteiger partial charge is 0.282 e. The summed E-state index contributed by atoms with van der Waals surface area (Å²) in [5.74, 6) is -1.64. The summed E-state index contributed by atoms with van der Waals surface area (Å²) < 4.78 is 13.7. The Morgan fingerprint density at radius 1 is 0.839 bits per heavy atom. The fraction of sp³-hybridized carbons (Fsp3) is 0.120. The Balaban J connectivity index is 1.84. The predicted octanol–water partition coefficient (Wildman–Crippen LogP) is 5.80. The zero-order chi connectivity index (χ0) is 22.3. The minimum atomic E-state index is -0.621. The molecule has 156 valence electrons. The van der Waals surface area contributed by atoms with Gasteiger partial charge in [-0.25, -0.2) is 9.29 Å². The third-order valence-electron chi connectivity index (χ3n) is 5.36. The van der Waals surface area contributed by atoms with E-state index in [9.17, 15) is 14.0 Å². The van der Waals surface area contributed by atoms with Gasteiger partial charge in [0.15, 0.2) is 0 Å². The molecule has 0 unspecified atom stereocenters. The summed E-state index contributed by atoms with van der Waals surface area (Å²) in [4.78, 5) is 27.8. The Labute approximate surface area is 185 Å². The minimum absolute atomic E-state index is 0.161. The average molecular weight is 435 g/mol. The van der Waals surface area contributed by atoms with Crippen molar-refractivity contribution in [1.82, 2.24) is 0 Å². The number of anilines is 2. The van der Waals surface area contributed by atoms with Crippen LogP contribution in [0, 0.1) is 26.6 Å². The van der Waals surface area contributed by atoms with Gasteiger partial charge in [-0.1, -0.05) is 47.5 Å². The van der Waals surface area contributed by atoms with E-state index < -0.39 is 17.6 Å². The van der Waals surface area contributed by atoms with Crippen molar-refractivity contribution < 1.29 is 14.0 Å². The first-order chi connectivity index (χ1) is 14.8. The molecule has 0 atom stereocenters. The first-order valence-electron chi connectivity index (χ1n) is 9.75. The number of halogens is 2. The van der Waals surface area contributed by atoms with E-state index in [2.05, 4.69) is 5.32 Å². The summed E-state index contributed by atoms with van der Waals surface area (Å²) in [7, 11) is 0. The normalized spacial score (nSPS) is 13.9. The van der Waals surface area contributed by atoms with E-state index in [1.165, 1.54) is 12.1 Å². The number of hydrogen-bond donors (Lipinski definition) is 1. The second-order valence-corrected chi connectivity index (χ2v) is 7.99. The molecular weight excluding hydrogens is 415 g/mol. The van der Waals surface area contributed by atoms with Crippen LogP contribution in [-0.2, 0) is 9.59 Å². The summed E-state index contributed by atoms with van der Waals surface area (Å²) >= 11 is 5.91. The van der Waals surface area contributed by atoms with E-state index in [0.717, 1.165) is 27.7 Å². The van der Waals surface area contributed by atoms with Crippen LogP contribution in [0.5, 0.6) is 0 Å². The molecule has 31 heavy (non-hydrogen) atoms. The molecule has 0 saturated carbocycles. The number of aryl methyl sites for hydroxylation is 3. The molecule has 0 aliphatic carbocycles. The first-order valence-corrected chi connectivity index (χ1v) is 10.1. The van der Waals surface area contributed by atoms with Gasteiger partial charge >= 0.3 is 0 Å². The zero-order valence-corrected chi connectivity index (χ0v) is 18.0. The molecule has 0 saturated heterocycles. The fourth-order valence-corrected chi connectivity index (χ4v) is 3.63. The molecule has 3 aromatic carbocycles. The van der Waals surface area contributed by atoms with E-state index in [4.69, 9.17) is 11.6 Å². The van der Waals surface area contributed by atoms with Gasteiger partial charge in [0, 0.05) is 5.69 Å². The van der Waals surface area contributed by atoms with Gasteiger partial charge in [0.25, 0.3) is 11.8 Å². The van der Waals surface area contributed by atoms with Crippen molar-refractivity contribution in [3.63, 3.8) is 0 Å². The van der Waals surface area contributed by atoms with Crippen molar-refractivity contribution in [1.29, 1.82) is 0 Å². The molecule has 4 nitrogen and oxygen atoms in total. The lowest BCUT2D eigenvalue weighted by Gasteiger charge is -2.16. The zero-order valence-electron chi connectivity index (χ0n) is 17.3. The number of imide groups is 1. The van der Waals surface area contributed by atoms with Crippen LogP contribution in [0.15, 0.2) is 66.4 Å². The topological polar surface area (TPSA) is 49.4 Å². The maximum Gasteiger partial charge on any atom is 0.282 e. The standard InChI is InChI=1S/C25H20ClFN2O2/c1-14-4-8-18(9-5-14)28-23-22(17-7-6-15(2)16(3)12-17)24(30)29(25(23)31)19-10-11-21(27)20(26)13-19/h4-13,28H,1-3H3. The quantitative estimate of drug-likeness (QED) is 0.528. The van der Waals surface area contributed by atoms with Crippen molar-refractivity contribution in [3.05, 3.63) is 99.5 Å². The van der Waals surface area contributed by atoms with Crippen LogP contribution in [-0.4, -0.2) is 11.8 Å². The lowest BCUT2D eigenvalue weighted by atomic mass is 9.99. The Kier molecular flexibility index (Phi) is 5.38. The highest BCUT2D eigenvalue weighted by Gasteiger charge is 2.40. The molecular formula is C25H20ClFN2O2. The average Bonchev–Trinajstić information content (AvgIpc) is 2.98. The number of carbonyl (C=O) groups is 2. The monoisotopic (exact) mass is 434 g/mol. The Morgan fingerprint density at radius 3 is 2.19 bits per heavy atom. The lowest BCUT2D eigenvalue weighted by molar-refractivity contribution is -0.120. The first kappa shape index (κ1) is 20.8. The van der Waals surface area contributed by atoms with Gasteiger partial charge in [-0.3, -0.25) is 9.59 Å². The third kappa shape index (κ3) is 3.84. The number of rotatable bonds is 4. The van der Waals surface area contributed by atoms with Crippen LogP contribution < -0.4 is 10.2 Å². The minimum Gasteiger partial charge on any atom is -0.350 e. The number of benzene rings is 3. The molecule has 0 aromatic heterocycles. The molecule has 3 aromatic rings. The molecule has 0 spiro atoms. The van der Waals surface area contributed by atoms with Crippen molar-refractivity contribution in [2.45, 2.75) is 20.8 Å². The van der Waals surface area contributed by atoms with Gasteiger partial charge in [-0.05, 0) is 67.8 Å². The van der Waals surface area contributed by atoms with Crippen molar-refractivity contribution in [2.75, 3.05) is 10.2 Å². The molecule has 1 aliphatic heterocycles. The van der Waals surface area contributed by atoms with Crippen LogP contribution >= 0.6 is 11.6 Å². The number of carbonyl (C=O) groups excluding carboxylic acids is 2. The Hall–Kier alpha value is -3.44. The van der Waals surface area contributed by atoms with E-state index >= 15 is 0 Å². The van der Waals surface area contributed by atoms with Gasteiger partial charge in [0.05, 0.1) is 16.3 Å². The molecule has 1 heterocycles. The van der Waals surface area contributed by atoms with Gasteiger partial charge in [-0.15, -0.1) is 0 Å². The van der Waals surface area contributed by atoms with Gasteiger partial charge < -0.3 is 5.32 Å². The predicted molar refractivity (Wildman–Crippen MR) is 122 cm³/mol. The van der Waals surface area contributed by atoms with Crippen molar-refractivity contribution >= 4 is 40.4 Å². The van der Waals surface area contributed by atoms with E-state index in [1.807, 2.05) is 63.2 Å². The highest BCUT2D eigenvalue weighted by Crippen LogP contribution is 2.35. The number of nitrogens with zero attached hydrogens (tertiary/aromatic N) is 1. The summed E-state index contributed by atoms with van der Waals surface area (Å²) in [5.41, 5.74) is 5.11. The largest absolute Gasteiger partial charge is 0.350 e. The van der Waals surface area contributed by atoms with E-state index in [0.29, 0.717) is 11.3 Å². The van der Waals surface area contributed by atoms with Crippen LogP contribution in [0.25, 0.3) is 5.57 Å². The molecule has 0 bridgehead atoms. The van der Waals surface area contributed by atoms with Gasteiger partial charge in [0.1, 0.15) is 11.5 Å². The van der Waals surface area contributed by atoms with E-state index in [1.54, 1.807) is 0 Å². The molecule has 1 N–H and O–H groups in total. The number of hydrogen-bond acceptors (Lipinski definition) is 3. The Bertz CT molecular complexity index is 1250. The van der Waals surface area contributed by atoms with Crippen LogP contribution in [0.3, 0.4) is 0 Å². The molecule has 0 radical (unpaired) electrons. The Morgan fingerprint density at radius 2 is 1.55 bits per heavy atom. The third-order valence-corrected chi connectivity index (χ3v) is 5.65. The summed E-state index contributed by atoms with van der Waals surface area (Å²) in [5, 5.41) is 2.96. The SMILES string of the molecule is Cc1ccc(NC2=C(c3ccc(C)c(C)c3)C(=O)N(c3ccc(F)c(Cl)c3)C2=O)cc1. The molecule has 6 heteroatoms. The van der Waals surface area contributed by atoms with Crippen molar-refractivity contribution in [2.24, 2.45) is 0 Å². The highest BCUT2D eigenvalue weighted by molar-refractivity contribution is 6.46. The van der Waals surface area contributed by atoms with Gasteiger partial charge in [-0.2, -0.15) is 0 Å². The lowest BCUT2D eigenvalue weighted by Crippen LogP contribution is -2.32. The van der Waals surface area contributed by atoms with Crippen LogP contribution in [0.4, 0.5) is 15.8 Å². The molecule has 0 fully saturated rings. The summed E-state index contributed by atoms with van der Waals surface area (Å²) in [6.07, 6.45) is 0. The molecule has 1 aliphatic rings. The van der Waals surface area contributed by atoms with Gasteiger partial charge in [0.2, 0.25) is 0 Å². The maximum atomic E-state index is 13.7. The maximum absolute atomic E-state index is 13.7. The summed E-state index contributed by atoms with van der Waals surface area (Å²) in [6.45, 7) is 5.90. The summed E-state index contributed by atoms with van der Waals surface area (Å²) in [6, 6.07) is 16.9. The second kappa shape index (κ2) is 8.00. The van der Waals surface area contributed by atoms with Crippen LogP contribution in [0.1, 0.15) is 22.3 Å². The molecule has 2 amide bonds. The van der Waals surface area contributed by atoms with Crippen LogP contribution in [0.2, 0.25) is 5.02 Å². The number of amides is 2. The fourth-order valence-electron chi connectivity index (χ4n) is 3.45. The number of nitrogens with one attached hydrogen (secondary N) is 1. The molecule has 4 rings (SSSR count). The van der Waals surface area contributed by atoms with Crippen molar-refractivity contribution in [3.8, 4) is 0 Å². The van der Waals surface area contributed by atoms with E-state index in [-0.39, 0.29) is 22.0 Å².